The van der Waals surface area contributed by atoms with E-state index in [-0.39, 0.29) is 12.2 Å². The van der Waals surface area contributed by atoms with Gasteiger partial charge in [0.2, 0.25) is 4.38 Å². The molecule has 0 amide bonds. The van der Waals surface area contributed by atoms with Gasteiger partial charge in [-0.3, -0.25) is 0 Å². The van der Waals surface area contributed by atoms with E-state index in [1.54, 1.807) is 0 Å². The molecule has 0 aromatic carbocycles. The van der Waals surface area contributed by atoms with Crippen molar-refractivity contribution in [3.05, 3.63) is 0 Å². The third-order valence-corrected chi connectivity index (χ3v) is 6.59. The molecule has 0 aromatic heterocycles. The second kappa shape index (κ2) is 11.1. The number of hydrogen-bond donors (Lipinski definition) is 0. The van der Waals surface area contributed by atoms with Crippen LogP contribution >= 0.6 is 24.0 Å². The molecule has 2 saturated heterocycles. The molecule has 2 aliphatic rings. The Hall–Kier alpha value is 0.0800. The summed E-state index contributed by atoms with van der Waals surface area (Å²) in [4.78, 5) is 0. The molecule has 29 heavy (non-hydrogen) atoms. The second-order valence-electron chi connectivity index (χ2n) is 9.13. The van der Waals surface area contributed by atoms with Crippen molar-refractivity contribution in [2.75, 3.05) is 19.5 Å². The SMILES string of the molecule is CCCCCCCCC(OC(=S)SC)[C@]1(C[C@H]2COC(C)(C)O2)COC(C)(C)O1. The van der Waals surface area contributed by atoms with E-state index >= 15 is 0 Å². The Morgan fingerprint density at radius 2 is 1.76 bits per heavy atom. The van der Waals surface area contributed by atoms with Gasteiger partial charge in [0.25, 0.3) is 0 Å². The van der Waals surface area contributed by atoms with E-state index in [0.717, 1.165) is 12.8 Å². The zero-order valence-electron chi connectivity index (χ0n) is 19.1. The van der Waals surface area contributed by atoms with Gasteiger partial charge in [0.1, 0.15) is 11.7 Å². The maximum absolute atomic E-state index is 6.52. The fraction of sp³-hybridized carbons (Fsp3) is 0.955. The Labute approximate surface area is 186 Å². The summed E-state index contributed by atoms with van der Waals surface area (Å²) in [5, 5.41) is 0. The highest BCUT2D eigenvalue weighted by atomic mass is 32.2. The highest BCUT2D eigenvalue weighted by Crippen LogP contribution is 2.42. The molecule has 170 valence electrons. The van der Waals surface area contributed by atoms with Gasteiger partial charge >= 0.3 is 0 Å². The zero-order valence-corrected chi connectivity index (χ0v) is 20.7. The maximum atomic E-state index is 6.52. The first-order valence-electron chi connectivity index (χ1n) is 11.0. The summed E-state index contributed by atoms with van der Waals surface area (Å²) >= 11 is 6.88. The summed E-state index contributed by atoms with van der Waals surface area (Å²) < 4.78 is 31.3. The lowest BCUT2D eigenvalue weighted by atomic mass is 9.87. The predicted molar refractivity (Wildman–Crippen MR) is 122 cm³/mol. The van der Waals surface area contributed by atoms with E-state index in [1.165, 1.54) is 43.9 Å². The number of hydrogen-bond acceptors (Lipinski definition) is 7. The molecule has 2 rings (SSSR count). The molecule has 0 aliphatic carbocycles. The van der Waals surface area contributed by atoms with E-state index in [9.17, 15) is 0 Å². The molecule has 1 unspecified atom stereocenters. The van der Waals surface area contributed by atoms with Crippen molar-refractivity contribution >= 4 is 28.4 Å². The topological polar surface area (TPSA) is 46.2 Å². The first-order chi connectivity index (χ1) is 13.6. The Bertz CT molecular complexity index is 525. The van der Waals surface area contributed by atoms with Crippen molar-refractivity contribution < 1.29 is 23.7 Å². The van der Waals surface area contributed by atoms with E-state index < -0.39 is 17.2 Å². The smallest absolute Gasteiger partial charge is 0.220 e. The monoisotopic (exact) mass is 448 g/mol. The van der Waals surface area contributed by atoms with Crippen LogP contribution in [0.25, 0.3) is 0 Å². The van der Waals surface area contributed by atoms with Gasteiger partial charge in [0.05, 0.1) is 19.3 Å². The minimum absolute atomic E-state index is 0.0546. The van der Waals surface area contributed by atoms with Crippen LogP contribution in [-0.2, 0) is 23.7 Å². The molecule has 0 bridgehead atoms. The number of ether oxygens (including phenoxy) is 5. The van der Waals surface area contributed by atoms with Crippen LogP contribution < -0.4 is 0 Å². The van der Waals surface area contributed by atoms with Crippen molar-refractivity contribution in [3.8, 4) is 0 Å². The second-order valence-corrected chi connectivity index (χ2v) is 10.5. The first kappa shape index (κ1) is 25.3. The number of thiocarbonyl (C=S) groups is 1. The van der Waals surface area contributed by atoms with Gasteiger partial charge in [-0.25, -0.2) is 0 Å². The number of rotatable bonds is 11. The molecular weight excluding hydrogens is 408 g/mol. The summed E-state index contributed by atoms with van der Waals surface area (Å²) in [5.74, 6) is -1.22. The molecule has 3 atom stereocenters. The highest BCUT2D eigenvalue weighted by molar-refractivity contribution is 8.22. The third kappa shape index (κ3) is 7.93. The van der Waals surface area contributed by atoms with Gasteiger partial charge in [-0.05, 0) is 59.0 Å². The largest absolute Gasteiger partial charge is 0.472 e. The lowest BCUT2D eigenvalue weighted by Crippen LogP contribution is -2.50. The molecule has 2 heterocycles. The molecule has 0 spiro atoms. The zero-order chi connectivity index (χ0) is 21.5. The van der Waals surface area contributed by atoms with Crippen LogP contribution in [0.15, 0.2) is 0 Å². The van der Waals surface area contributed by atoms with Gasteiger partial charge < -0.3 is 23.7 Å². The minimum atomic E-state index is -0.654. The van der Waals surface area contributed by atoms with Crippen LogP contribution in [-0.4, -0.2) is 53.2 Å². The fourth-order valence-corrected chi connectivity index (χ4v) is 4.52. The first-order valence-corrected chi connectivity index (χ1v) is 12.7. The van der Waals surface area contributed by atoms with E-state index in [4.69, 9.17) is 35.9 Å². The summed E-state index contributed by atoms with van der Waals surface area (Å²) in [6.45, 7) is 11.1. The summed E-state index contributed by atoms with van der Waals surface area (Å²) in [7, 11) is 0. The van der Waals surface area contributed by atoms with Crippen LogP contribution in [0.5, 0.6) is 0 Å². The number of unbranched alkanes of at least 4 members (excludes halogenated alkanes) is 5. The van der Waals surface area contributed by atoms with Crippen LogP contribution in [0, 0.1) is 0 Å². The molecule has 5 nitrogen and oxygen atoms in total. The molecule has 7 heteroatoms. The van der Waals surface area contributed by atoms with E-state index in [0.29, 0.717) is 24.0 Å². The summed E-state index contributed by atoms with van der Waals surface area (Å²) in [6.07, 6.45) is 10.7. The molecule has 0 radical (unpaired) electrons. The van der Waals surface area contributed by atoms with Crippen molar-refractivity contribution in [3.63, 3.8) is 0 Å². The van der Waals surface area contributed by atoms with Gasteiger partial charge in [-0.15, -0.1) is 0 Å². The molecule has 2 aliphatic heterocycles. The highest BCUT2D eigenvalue weighted by Gasteiger charge is 2.54. The quantitative estimate of drug-likeness (QED) is 0.291. The van der Waals surface area contributed by atoms with Crippen molar-refractivity contribution in [1.82, 2.24) is 0 Å². The molecule has 0 N–H and O–H groups in total. The third-order valence-electron chi connectivity index (χ3n) is 5.57. The van der Waals surface area contributed by atoms with Gasteiger partial charge in [-0.2, -0.15) is 0 Å². The van der Waals surface area contributed by atoms with E-state index in [1.807, 2.05) is 34.0 Å². The van der Waals surface area contributed by atoms with E-state index in [2.05, 4.69) is 6.92 Å². The van der Waals surface area contributed by atoms with Crippen molar-refractivity contribution in [2.45, 2.75) is 115 Å². The van der Waals surface area contributed by atoms with Crippen LogP contribution in [0.3, 0.4) is 0 Å². The Balaban J connectivity index is 2.09. The maximum Gasteiger partial charge on any atom is 0.220 e. The molecule has 0 aromatic rings. The summed E-state index contributed by atoms with van der Waals surface area (Å²) in [6, 6.07) is 0. The average Bonchev–Trinajstić information content (AvgIpc) is 3.15. The van der Waals surface area contributed by atoms with Gasteiger partial charge in [0.15, 0.2) is 11.6 Å². The molecule has 2 fully saturated rings. The molecule has 0 saturated carbocycles. The number of thioether (sulfide) groups is 1. The lowest BCUT2D eigenvalue weighted by molar-refractivity contribution is -0.196. The van der Waals surface area contributed by atoms with Gasteiger partial charge in [0, 0.05) is 6.42 Å². The molecular formula is C22H40O5S2. The normalized spacial score (nSPS) is 29.1. The van der Waals surface area contributed by atoms with Crippen molar-refractivity contribution in [2.24, 2.45) is 0 Å². The minimum Gasteiger partial charge on any atom is -0.472 e. The lowest BCUT2D eigenvalue weighted by Gasteiger charge is -2.38. The van der Waals surface area contributed by atoms with Crippen LogP contribution in [0.2, 0.25) is 0 Å². The Morgan fingerprint density at radius 1 is 1.07 bits per heavy atom. The fourth-order valence-electron chi connectivity index (χ4n) is 4.19. The Kier molecular flexibility index (Phi) is 9.70. The average molecular weight is 449 g/mol. The van der Waals surface area contributed by atoms with Crippen LogP contribution in [0.4, 0.5) is 0 Å². The van der Waals surface area contributed by atoms with Crippen molar-refractivity contribution in [1.29, 1.82) is 0 Å². The standard InChI is InChI=1S/C22H40O5S2/c1-7-8-9-10-11-12-13-18(25-19(28)29-6)22(16-24-21(4,5)27-22)14-17-15-23-20(2,3)26-17/h17-18H,7-16H2,1-6H3/t17-,18?,22-/m0/s1. The van der Waals surface area contributed by atoms with Gasteiger partial charge in [-0.1, -0.05) is 50.8 Å². The predicted octanol–water partition coefficient (Wildman–Crippen LogP) is 5.83. The summed E-state index contributed by atoms with van der Waals surface area (Å²) in [5.41, 5.74) is -0.596. The Morgan fingerprint density at radius 3 is 2.31 bits per heavy atom. The van der Waals surface area contributed by atoms with Crippen LogP contribution in [0.1, 0.15) is 86.0 Å².